The number of phenolic OH excluding ortho intramolecular Hbond substituents is 1. The average Bonchev–Trinajstić information content (AvgIpc) is 3.00. The van der Waals surface area contributed by atoms with Gasteiger partial charge < -0.3 is 15.0 Å². The first kappa shape index (κ1) is 17.3. The molecule has 4 heteroatoms. The number of rotatable bonds is 0. The number of fused-ring (bicyclic) bond motifs is 4. The molecule has 0 unspecified atom stereocenters. The van der Waals surface area contributed by atoms with E-state index in [4.69, 9.17) is 0 Å². The van der Waals surface area contributed by atoms with Crippen LogP contribution in [0, 0.1) is 5.92 Å². The van der Waals surface area contributed by atoms with Crippen LogP contribution in [0.2, 0.25) is 0 Å². The number of halogens is 1. The quantitative estimate of drug-likeness (QED) is 0.562. The number of aromatic nitrogens is 1. The maximum absolute atomic E-state index is 10.2. The summed E-state index contributed by atoms with van der Waals surface area (Å²) in [6.07, 6.45) is 4.50. The third-order valence-corrected chi connectivity index (χ3v) is 7.53. The largest absolute Gasteiger partial charge is 0.508 e. The van der Waals surface area contributed by atoms with Crippen LogP contribution in [-0.4, -0.2) is 34.6 Å². The third kappa shape index (κ3) is 2.23. The van der Waals surface area contributed by atoms with E-state index in [0.717, 1.165) is 25.8 Å². The molecule has 2 N–H and O–H groups in total. The molecule has 2 aromatic carbocycles. The van der Waals surface area contributed by atoms with E-state index >= 15 is 0 Å². The molecule has 0 amide bonds. The van der Waals surface area contributed by atoms with Crippen LogP contribution in [0.3, 0.4) is 0 Å². The van der Waals surface area contributed by atoms with Crippen LogP contribution in [0.25, 0.3) is 10.9 Å². The maximum atomic E-state index is 10.2. The van der Waals surface area contributed by atoms with E-state index in [2.05, 4.69) is 53.3 Å². The van der Waals surface area contributed by atoms with E-state index in [9.17, 15) is 5.11 Å². The first-order valence-electron chi connectivity index (χ1n) is 9.77. The zero-order chi connectivity index (χ0) is 17.5. The molecule has 1 saturated heterocycles. The molecule has 1 fully saturated rings. The Kier molecular flexibility index (Phi) is 3.76. The standard InChI is InChI=1S/C23H24N2O.BrH/c1-25-9-8-23-13-21-17(16-4-2-3-5-20(16)24-21)12-19(23)22(25)10-14-6-7-15(26)11-18(14)23;/h2-7,11,19,22,24,26H,8-10,12-13H2,1H3;1H/t19-,22-,23-;/m0./s1. The van der Waals surface area contributed by atoms with Crippen molar-refractivity contribution >= 4 is 27.9 Å². The lowest BCUT2D eigenvalue weighted by atomic mass is 9.52. The van der Waals surface area contributed by atoms with Gasteiger partial charge in [0.2, 0.25) is 0 Å². The molecular formula is C23H25BrN2O. The maximum Gasteiger partial charge on any atom is 0.115 e. The van der Waals surface area contributed by atoms with E-state index in [1.807, 2.05) is 6.07 Å². The van der Waals surface area contributed by atoms with Gasteiger partial charge in [0, 0.05) is 28.1 Å². The van der Waals surface area contributed by atoms with Crippen molar-refractivity contribution in [2.75, 3.05) is 13.6 Å². The van der Waals surface area contributed by atoms with Gasteiger partial charge in [0.15, 0.2) is 0 Å². The normalized spacial score (nSPS) is 28.8. The second-order valence-corrected chi connectivity index (χ2v) is 8.61. The fourth-order valence-corrected chi connectivity index (χ4v) is 6.29. The minimum atomic E-state index is 0. The molecule has 0 spiro atoms. The minimum absolute atomic E-state index is 0. The molecule has 3 nitrogen and oxygen atoms in total. The van der Waals surface area contributed by atoms with Gasteiger partial charge in [-0.15, -0.1) is 17.0 Å². The van der Waals surface area contributed by atoms with Crippen molar-refractivity contribution < 1.29 is 5.11 Å². The first-order valence-corrected chi connectivity index (χ1v) is 9.77. The highest BCUT2D eigenvalue weighted by Gasteiger charge is 2.54. The molecule has 2 heterocycles. The van der Waals surface area contributed by atoms with Crippen LogP contribution < -0.4 is 0 Å². The number of piperidine rings is 1. The van der Waals surface area contributed by atoms with Gasteiger partial charge in [-0.3, -0.25) is 0 Å². The number of aromatic amines is 1. The van der Waals surface area contributed by atoms with E-state index in [-0.39, 0.29) is 22.4 Å². The lowest BCUT2D eigenvalue weighted by Gasteiger charge is -2.58. The fourth-order valence-electron chi connectivity index (χ4n) is 6.29. The van der Waals surface area contributed by atoms with Gasteiger partial charge >= 0.3 is 0 Å². The molecular weight excluding hydrogens is 400 g/mol. The lowest BCUT2D eigenvalue weighted by Crippen LogP contribution is -2.61. The number of likely N-dealkylation sites (tertiary alicyclic amines) is 1. The summed E-state index contributed by atoms with van der Waals surface area (Å²) >= 11 is 0. The molecule has 0 radical (unpaired) electrons. The Morgan fingerprint density at radius 2 is 2.00 bits per heavy atom. The molecule has 2 bridgehead atoms. The molecule has 2 aliphatic carbocycles. The van der Waals surface area contributed by atoms with Crippen molar-refractivity contribution in [3.8, 4) is 5.75 Å². The number of H-pyrrole nitrogens is 1. The van der Waals surface area contributed by atoms with E-state index in [0.29, 0.717) is 17.7 Å². The molecule has 0 saturated carbocycles. The van der Waals surface area contributed by atoms with Gasteiger partial charge in [-0.1, -0.05) is 24.3 Å². The predicted molar refractivity (Wildman–Crippen MR) is 114 cm³/mol. The summed E-state index contributed by atoms with van der Waals surface area (Å²) in [5, 5.41) is 11.6. The Hall–Kier alpha value is -1.78. The molecule has 6 rings (SSSR count). The molecule has 3 atom stereocenters. The van der Waals surface area contributed by atoms with Crippen LogP contribution in [0.1, 0.15) is 28.8 Å². The third-order valence-electron chi connectivity index (χ3n) is 7.53. The zero-order valence-corrected chi connectivity index (χ0v) is 17.2. The number of nitrogens with one attached hydrogen (secondary N) is 1. The molecule has 27 heavy (non-hydrogen) atoms. The highest BCUT2D eigenvalue weighted by molar-refractivity contribution is 8.93. The fraction of sp³-hybridized carbons (Fsp3) is 0.391. The Morgan fingerprint density at radius 3 is 2.89 bits per heavy atom. The van der Waals surface area contributed by atoms with Gasteiger partial charge in [0.25, 0.3) is 0 Å². The van der Waals surface area contributed by atoms with Crippen LogP contribution in [0.4, 0.5) is 0 Å². The Bertz CT molecular complexity index is 1040. The number of hydrogen-bond acceptors (Lipinski definition) is 2. The Balaban J connectivity index is 0.00000160. The molecule has 1 aromatic heterocycles. The van der Waals surface area contributed by atoms with Crippen molar-refractivity contribution in [1.29, 1.82) is 0 Å². The molecule has 1 aliphatic heterocycles. The smallest absolute Gasteiger partial charge is 0.115 e. The average molecular weight is 425 g/mol. The van der Waals surface area contributed by atoms with Crippen LogP contribution >= 0.6 is 17.0 Å². The van der Waals surface area contributed by atoms with E-state index < -0.39 is 0 Å². The molecule has 3 aliphatic rings. The summed E-state index contributed by atoms with van der Waals surface area (Å²) in [6, 6.07) is 15.4. The van der Waals surface area contributed by atoms with Crippen molar-refractivity contribution in [3.63, 3.8) is 0 Å². The van der Waals surface area contributed by atoms with E-state index in [1.54, 1.807) is 0 Å². The summed E-state index contributed by atoms with van der Waals surface area (Å²) < 4.78 is 0. The summed E-state index contributed by atoms with van der Waals surface area (Å²) in [6.45, 7) is 1.14. The van der Waals surface area contributed by atoms with Crippen LogP contribution in [0.15, 0.2) is 42.5 Å². The second kappa shape index (κ2) is 5.86. The number of nitrogens with zero attached hydrogens (tertiary/aromatic N) is 1. The zero-order valence-electron chi connectivity index (χ0n) is 15.5. The van der Waals surface area contributed by atoms with Crippen LogP contribution in [-0.2, 0) is 24.7 Å². The highest BCUT2D eigenvalue weighted by Crippen LogP contribution is 2.55. The van der Waals surface area contributed by atoms with Crippen molar-refractivity contribution in [1.82, 2.24) is 9.88 Å². The van der Waals surface area contributed by atoms with Crippen molar-refractivity contribution in [3.05, 3.63) is 64.8 Å². The van der Waals surface area contributed by atoms with Gasteiger partial charge in [0.05, 0.1) is 0 Å². The minimum Gasteiger partial charge on any atom is -0.508 e. The highest BCUT2D eigenvalue weighted by atomic mass is 79.9. The summed E-state index contributed by atoms with van der Waals surface area (Å²) in [5.74, 6) is 1.04. The SMILES string of the molecule is Br.CN1CC[C@@]23Cc4[nH]c5ccccc5c4C[C@H]2[C@@H]1Cc1ccc(O)cc13. The number of hydrogen-bond donors (Lipinski definition) is 2. The summed E-state index contributed by atoms with van der Waals surface area (Å²) in [4.78, 5) is 6.31. The van der Waals surface area contributed by atoms with Gasteiger partial charge in [-0.05, 0) is 80.1 Å². The van der Waals surface area contributed by atoms with E-state index in [1.165, 1.54) is 39.7 Å². The van der Waals surface area contributed by atoms with Gasteiger partial charge in [-0.2, -0.15) is 0 Å². The number of aromatic hydroxyl groups is 1. The lowest BCUT2D eigenvalue weighted by molar-refractivity contribution is 0.0240. The summed E-state index contributed by atoms with van der Waals surface area (Å²) in [5.41, 5.74) is 7.24. The monoisotopic (exact) mass is 424 g/mol. The Morgan fingerprint density at radius 1 is 1.15 bits per heavy atom. The van der Waals surface area contributed by atoms with Gasteiger partial charge in [-0.25, -0.2) is 0 Å². The van der Waals surface area contributed by atoms with Crippen molar-refractivity contribution in [2.24, 2.45) is 5.92 Å². The van der Waals surface area contributed by atoms with Crippen molar-refractivity contribution in [2.45, 2.75) is 37.1 Å². The second-order valence-electron chi connectivity index (χ2n) is 8.61. The van der Waals surface area contributed by atoms with Gasteiger partial charge in [0.1, 0.15) is 5.75 Å². The topological polar surface area (TPSA) is 39.3 Å². The number of phenols is 1. The first-order chi connectivity index (χ1) is 12.7. The number of benzene rings is 2. The predicted octanol–water partition coefficient (Wildman–Crippen LogP) is 4.36. The number of para-hydroxylation sites is 1. The Labute approximate surface area is 170 Å². The number of likely N-dealkylation sites (N-methyl/N-ethyl adjacent to an activating group) is 1. The van der Waals surface area contributed by atoms with Crippen LogP contribution in [0.5, 0.6) is 5.75 Å². The summed E-state index contributed by atoms with van der Waals surface area (Å²) in [7, 11) is 2.30. The molecule has 3 aromatic rings. The molecule has 140 valence electrons.